The Balaban J connectivity index is 1.40. The first-order chi connectivity index (χ1) is 10.7. The summed E-state index contributed by atoms with van der Waals surface area (Å²) in [5.74, 6) is 0.920. The third-order valence-corrected chi connectivity index (χ3v) is 3.63. The first-order valence-electron chi connectivity index (χ1n) is 7.45. The fraction of sp³-hybridized carbons (Fsp3) is 0.375. The number of nitrogens with one attached hydrogen (secondary N) is 2. The van der Waals surface area contributed by atoms with Crippen molar-refractivity contribution in [3.8, 4) is 5.75 Å². The minimum atomic E-state index is -0.174. The van der Waals surface area contributed by atoms with Crippen LogP contribution in [0.15, 0.2) is 43.0 Å². The number of hydrogen-bond donors (Lipinski definition) is 2. The van der Waals surface area contributed by atoms with Crippen LogP contribution in [0.1, 0.15) is 12.5 Å². The van der Waals surface area contributed by atoms with Gasteiger partial charge in [-0.25, -0.2) is 9.78 Å². The summed E-state index contributed by atoms with van der Waals surface area (Å²) in [5, 5.41) is 5.78. The number of imidazole rings is 1. The lowest BCUT2D eigenvalue weighted by molar-refractivity contribution is 0.211. The molecule has 2 aromatic rings. The van der Waals surface area contributed by atoms with Crippen LogP contribution >= 0.6 is 0 Å². The predicted octanol–water partition coefficient (Wildman–Crippen LogP) is 1.57. The van der Waals surface area contributed by atoms with Crippen LogP contribution in [0, 0.1) is 0 Å². The monoisotopic (exact) mass is 300 g/mol. The van der Waals surface area contributed by atoms with E-state index in [-0.39, 0.29) is 18.2 Å². The molecule has 1 aromatic heterocycles. The number of carbonyl (C=O) groups excluding carboxylic acids is 1. The zero-order chi connectivity index (χ0) is 15.4. The van der Waals surface area contributed by atoms with E-state index in [4.69, 9.17) is 4.74 Å². The van der Waals surface area contributed by atoms with Crippen molar-refractivity contribution in [2.45, 2.75) is 32.0 Å². The van der Waals surface area contributed by atoms with Gasteiger partial charge in [-0.3, -0.25) is 0 Å². The molecule has 6 nitrogen and oxygen atoms in total. The standard InChI is InChI=1S/C16H20N4O2/c1-12(10-20-7-6-17-11-20)19-16(21)18-9-14-8-13-4-2-3-5-15(13)22-14/h2-7,11-12,14H,8-10H2,1H3,(H2,18,19,21). The Morgan fingerprint density at radius 2 is 2.36 bits per heavy atom. The molecule has 2 atom stereocenters. The molecule has 6 heteroatoms. The van der Waals surface area contributed by atoms with Crippen molar-refractivity contribution in [3.05, 3.63) is 48.5 Å². The van der Waals surface area contributed by atoms with Gasteiger partial charge in [0.1, 0.15) is 11.9 Å². The van der Waals surface area contributed by atoms with E-state index in [1.54, 1.807) is 12.5 Å². The van der Waals surface area contributed by atoms with Crippen LogP contribution in [-0.4, -0.2) is 34.3 Å². The number of hydrogen-bond acceptors (Lipinski definition) is 3. The molecule has 22 heavy (non-hydrogen) atoms. The lowest BCUT2D eigenvalue weighted by atomic mass is 10.1. The van der Waals surface area contributed by atoms with Crippen molar-refractivity contribution in [3.63, 3.8) is 0 Å². The van der Waals surface area contributed by atoms with Gasteiger partial charge in [0.25, 0.3) is 0 Å². The summed E-state index contributed by atoms with van der Waals surface area (Å²) in [6.45, 7) is 3.15. The van der Waals surface area contributed by atoms with Crippen LogP contribution in [0.4, 0.5) is 4.79 Å². The van der Waals surface area contributed by atoms with E-state index in [2.05, 4.69) is 21.7 Å². The zero-order valence-corrected chi connectivity index (χ0v) is 12.5. The average molecular weight is 300 g/mol. The average Bonchev–Trinajstić information content (AvgIpc) is 3.13. The maximum Gasteiger partial charge on any atom is 0.315 e. The molecule has 0 fully saturated rings. The fourth-order valence-corrected chi connectivity index (χ4v) is 2.61. The number of carbonyl (C=O) groups is 1. The fourth-order valence-electron chi connectivity index (χ4n) is 2.61. The first kappa shape index (κ1) is 14.4. The molecule has 0 saturated carbocycles. The normalized spacial score (nSPS) is 17.4. The van der Waals surface area contributed by atoms with Crippen LogP contribution in [-0.2, 0) is 13.0 Å². The largest absolute Gasteiger partial charge is 0.488 e. The third kappa shape index (κ3) is 3.58. The highest BCUT2D eigenvalue weighted by atomic mass is 16.5. The van der Waals surface area contributed by atoms with Crippen molar-refractivity contribution >= 4 is 6.03 Å². The van der Waals surface area contributed by atoms with Gasteiger partial charge in [0.2, 0.25) is 0 Å². The molecule has 0 bridgehead atoms. The molecule has 1 aliphatic rings. The number of ether oxygens (including phenoxy) is 1. The molecule has 1 aliphatic heterocycles. The van der Waals surface area contributed by atoms with Gasteiger partial charge in [-0.1, -0.05) is 18.2 Å². The van der Waals surface area contributed by atoms with Crippen molar-refractivity contribution in [2.24, 2.45) is 0 Å². The number of fused-ring (bicyclic) bond motifs is 1. The number of urea groups is 1. The van der Waals surface area contributed by atoms with Gasteiger partial charge in [0.05, 0.1) is 12.9 Å². The summed E-state index contributed by atoms with van der Waals surface area (Å²) in [4.78, 5) is 15.9. The van der Waals surface area contributed by atoms with Crippen molar-refractivity contribution < 1.29 is 9.53 Å². The molecule has 116 valence electrons. The van der Waals surface area contributed by atoms with Crippen molar-refractivity contribution in [1.29, 1.82) is 0 Å². The summed E-state index contributed by atoms with van der Waals surface area (Å²) < 4.78 is 7.72. The quantitative estimate of drug-likeness (QED) is 0.881. The Morgan fingerprint density at radius 3 is 3.14 bits per heavy atom. The highest BCUT2D eigenvalue weighted by Crippen LogP contribution is 2.27. The minimum Gasteiger partial charge on any atom is -0.488 e. The van der Waals surface area contributed by atoms with E-state index >= 15 is 0 Å². The first-order valence-corrected chi connectivity index (χ1v) is 7.45. The van der Waals surface area contributed by atoms with Gasteiger partial charge in [0.15, 0.2) is 0 Å². The van der Waals surface area contributed by atoms with Crippen molar-refractivity contribution in [2.75, 3.05) is 6.54 Å². The van der Waals surface area contributed by atoms with Crippen LogP contribution in [0.2, 0.25) is 0 Å². The molecule has 2 heterocycles. The Morgan fingerprint density at radius 1 is 1.50 bits per heavy atom. The second-order valence-corrected chi connectivity index (χ2v) is 5.57. The Labute approximate surface area is 129 Å². The number of para-hydroxylation sites is 1. The van der Waals surface area contributed by atoms with Crippen LogP contribution < -0.4 is 15.4 Å². The van der Waals surface area contributed by atoms with Gasteiger partial charge in [-0.05, 0) is 18.6 Å². The Hall–Kier alpha value is -2.50. The lowest BCUT2D eigenvalue weighted by Crippen LogP contribution is -2.45. The third-order valence-electron chi connectivity index (χ3n) is 3.63. The van der Waals surface area contributed by atoms with Crippen LogP contribution in [0.3, 0.4) is 0 Å². The van der Waals surface area contributed by atoms with Crippen LogP contribution in [0.25, 0.3) is 0 Å². The SMILES string of the molecule is CC(Cn1ccnc1)NC(=O)NCC1Cc2ccccc2O1. The Kier molecular flexibility index (Phi) is 4.27. The maximum absolute atomic E-state index is 11.9. The number of amides is 2. The summed E-state index contributed by atoms with van der Waals surface area (Å²) >= 11 is 0. The molecule has 0 spiro atoms. The molecular weight excluding hydrogens is 280 g/mol. The molecule has 3 rings (SSSR count). The summed E-state index contributed by atoms with van der Waals surface area (Å²) in [5.41, 5.74) is 1.20. The topological polar surface area (TPSA) is 68.2 Å². The summed E-state index contributed by atoms with van der Waals surface area (Å²) in [7, 11) is 0. The number of rotatable bonds is 5. The number of benzene rings is 1. The maximum atomic E-state index is 11.9. The molecule has 2 amide bonds. The van der Waals surface area contributed by atoms with E-state index in [9.17, 15) is 4.79 Å². The van der Waals surface area contributed by atoms with Gasteiger partial charge in [0, 0.05) is 31.4 Å². The zero-order valence-electron chi connectivity index (χ0n) is 12.5. The predicted molar refractivity (Wildman–Crippen MR) is 82.8 cm³/mol. The van der Waals surface area contributed by atoms with Gasteiger partial charge in [-0.2, -0.15) is 0 Å². The highest BCUT2D eigenvalue weighted by molar-refractivity contribution is 5.74. The molecule has 1 aromatic carbocycles. The second kappa shape index (κ2) is 6.51. The van der Waals surface area contributed by atoms with E-state index in [1.807, 2.05) is 35.9 Å². The molecule has 0 radical (unpaired) electrons. The second-order valence-electron chi connectivity index (χ2n) is 5.57. The van der Waals surface area contributed by atoms with Gasteiger partial charge < -0.3 is 19.9 Å². The summed E-state index contributed by atoms with van der Waals surface area (Å²) in [6.07, 6.45) is 6.18. The van der Waals surface area contributed by atoms with Gasteiger partial charge in [-0.15, -0.1) is 0 Å². The van der Waals surface area contributed by atoms with E-state index in [0.29, 0.717) is 13.1 Å². The lowest BCUT2D eigenvalue weighted by Gasteiger charge is -2.17. The van der Waals surface area contributed by atoms with Gasteiger partial charge >= 0.3 is 6.03 Å². The van der Waals surface area contributed by atoms with Crippen molar-refractivity contribution in [1.82, 2.24) is 20.2 Å². The molecule has 2 N–H and O–H groups in total. The number of nitrogens with zero attached hydrogens (tertiary/aromatic N) is 2. The summed E-state index contributed by atoms with van der Waals surface area (Å²) in [6, 6.07) is 7.83. The Bertz CT molecular complexity index is 602. The molecular formula is C16H20N4O2. The molecule has 2 unspecified atom stereocenters. The van der Waals surface area contributed by atoms with E-state index in [1.165, 1.54) is 5.56 Å². The van der Waals surface area contributed by atoms with Crippen LogP contribution in [0.5, 0.6) is 5.75 Å². The smallest absolute Gasteiger partial charge is 0.315 e. The number of aromatic nitrogens is 2. The molecule has 0 aliphatic carbocycles. The molecule has 0 saturated heterocycles. The van der Waals surface area contributed by atoms with E-state index in [0.717, 1.165) is 12.2 Å². The minimum absolute atomic E-state index is 0.00658. The highest BCUT2D eigenvalue weighted by Gasteiger charge is 2.22. The van der Waals surface area contributed by atoms with E-state index < -0.39 is 0 Å².